The number of hydrogen-bond donors (Lipinski definition) is 0. The fourth-order valence-electron chi connectivity index (χ4n) is 2.45. The van der Waals surface area contributed by atoms with Crippen molar-refractivity contribution in [2.45, 2.75) is 36.6 Å². The molecular formula is C17H17N3O2S. The Balaban J connectivity index is 1.78. The van der Waals surface area contributed by atoms with Gasteiger partial charge in [0.2, 0.25) is 11.8 Å². The van der Waals surface area contributed by atoms with Gasteiger partial charge in [-0.1, -0.05) is 37.7 Å². The fourth-order valence-corrected chi connectivity index (χ4v) is 3.38. The molecule has 2 aromatic rings. The third kappa shape index (κ3) is 3.27. The van der Waals surface area contributed by atoms with Crippen LogP contribution in [0.1, 0.15) is 31.7 Å². The lowest BCUT2D eigenvalue weighted by Gasteiger charge is -2.16. The lowest BCUT2D eigenvalue weighted by Crippen LogP contribution is -2.31. The second kappa shape index (κ2) is 6.50. The summed E-state index contributed by atoms with van der Waals surface area (Å²) in [4.78, 5) is 34.3. The highest BCUT2D eigenvalue weighted by Gasteiger charge is 2.40. The van der Waals surface area contributed by atoms with Gasteiger partial charge >= 0.3 is 0 Å². The van der Waals surface area contributed by atoms with E-state index in [0.29, 0.717) is 16.8 Å². The van der Waals surface area contributed by atoms with Crippen molar-refractivity contribution in [1.29, 1.82) is 0 Å². The Hall–Kier alpha value is -2.21. The molecule has 1 fully saturated rings. The largest absolute Gasteiger partial charge is 0.274 e. The molecule has 2 heterocycles. The zero-order valence-electron chi connectivity index (χ0n) is 13.0. The predicted octanol–water partition coefficient (Wildman–Crippen LogP) is 3.02. The average molecular weight is 327 g/mol. The smallest absolute Gasteiger partial charge is 0.247 e. The zero-order valence-corrected chi connectivity index (χ0v) is 13.8. The number of carbonyl (C=O) groups excluding carboxylic acids is 2. The van der Waals surface area contributed by atoms with E-state index < -0.39 is 5.25 Å². The molecule has 23 heavy (non-hydrogen) atoms. The van der Waals surface area contributed by atoms with Crippen LogP contribution in [-0.4, -0.2) is 27.0 Å². The number of imide groups is 1. The molecule has 2 amide bonds. The summed E-state index contributed by atoms with van der Waals surface area (Å²) in [5, 5.41) is 0.0466. The van der Waals surface area contributed by atoms with Gasteiger partial charge < -0.3 is 0 Å². The zero-order chi connectivity index (χ0) is 16.4. The summed E-state index contributed by atoms with van der Waals surface area (Å²) >= 11 is 1.24. The minimum Gasteiger partial charge on any atom is -0.274 e. The highest BCUT2D eigenvalue weighted by molar-refractivity contribution is 8.00. The van der Waals surface area contributed by atoms with Gasteiger partial charge in [0.1, 0.15) is 5.25 Å². The third-order valence-corrected chi connectivity index (χ3v) is 4.79. The number of thioether (sulfide) groups is 1. The maximum absolute atomic E-state index is 12.6. The molecule has 0 N–H and O–H groups in total. The molecule has 118 valence electrons. The average Bonchev–Trinajstić information content (AvgIpc) is 2.82. The maximum atomic E-state index is 12.6. The van der Waals surface area contributed by atoms with Gasteiger partial charge in [-0.2, -0.15) is 0 Å². The van der Waals surface area contributed by atoms with E-state index in [-0.39, 0.29) is 18.2 Å². The lowest BCUT2D eigenvalue weighted by atomic mass is 10.0. The fraction of sp³-hybridized carbons (Fsp3) is 0.294. The molecule has 1 atom stereocenters. The first-order valence-corrected chi connectivity index (χ1v) is 8.34. The molecule has 0 bridgehead atoms. The van der Waals surface area contributed by atoms with Crippen LogP contribution >= 0.6 is 11.8 Å². The summed E-state index contributed by atoms with van der Waals surface area (Å²) < 4.78 is 0. The number of amides is 2. The predicted molar refractivity (Wildman–Crippen MR) is 89.3 cm³/mol. The van der Waals surface area contributed by atoms with Crippen molar-refractivity contribution in [2.75, 3.05) is 4.90 Å². The molecule has 1 aromatic carbocycles. The summed E-state index contributed by atoms with van der Waals surface area (Å²) in [7, 11) is 0. The number of anilines is 1. The van der Waals surface area contributed by atoms with E-state index in [1.165, 1.54) is 22.2 Å². The molecule has 0 radical (unpaired) electrons. The molecule has 6 heteroatoms. The van der Waals surface area contributed by atoms with E-state index in [4.69, 9.17) is 0 Å². The van der Waals surface area contributed by atoms with Crippen LogP contribution in [0.5, 0.6) is 0 Å². The molecule has 0 spiro atoms. The van der Waals surface area contributed by atoms with Gasteiger partial charge in [-0.05, 0) is 29.7 Å². The first kappa shape index (κ1) is 15.7. The molecule has 1 aromatic heterocycles. The van der Waals surface area contributed by atoms with Crippen molar-refractivity contribution in [3.63, 3.8) is 0 Å². The van der Waals surface area contributed by atoms with E-state index >= 15 is 0 Å². The number of hydrogen-bond acceptors (Lipinski definition) is 5. The summed E-state index contributed by atoms with van der Waals surface area (Å²) in [6.07, 6.45) is 3.42. The summed E-state index contributed by atoms with van der Waals surface area (Å²) in [5.74, 6) is 0.0260. The summed E-state index contributed by atoms with van der Waals surface area (Å²) in [6, 6.07) is 9.30. The number of rotatable bonds is 4. The number of aromatic nitrogens is 2. The van der Waals surface area contributed by atoms with Gasteiger partial charge in [-0.25, -0.2) is 14.9 Å². The van der Waals surface area contributed by atoms with Crippen molar-refractivity contribution >= 4 is 29.3 Å². The minimum absolute atomic E-state index is 0.174. The van der Waals surface area contributed by atoms with Crippen LogP contribution in [0, 0.1) is 0 Å². The molecule has 0 aliphatic carbocycles. The van der Waals surface area contributed by atoms with Crippen LogP contribution in [0.15, 0.2) is 47.9 Å². The number of nitrogens with zero attached hydrogens (tertiary/aromatic N) is 3. The Labute approximate surface area is 139 Å². The second-order valence-electron chi connectivity index (χ2n) is 5.66. The van der Waals surface area contributed by atoms with Gasteiger partial charge in [0.25, 0.3) is 0 Å². The molecule has 0 saturated carbocycles. The third-order valence-electron chi connectivity index (χ3n) is 3.71. The Morgan fingerprint density at radius 2 is 1.78 bits per heavy atom. The van der Waals surface area contributed by atoms with Crippen molar-refractivity contribution in [1.82, 2.24) is 9.97 Å². The first-order valence-electron chi connectivity index (χ1n) is 7.46. The topological polar surface area (TPSA) is 63.2 Å². The van der Waals surface area contributed by atoms with Crippen molar-refractivity contribution < 1.29 is 9.59 Å². The van der Waals surface area contributed by atoms with Crippen molar-refractivity contribution in [3.8, 4) is 0 Å². The first-order chi connectivity index (χ1) is 11.1. The van der Waals surface area contributed by atoms with Crippen LogP contribution in [0.25, 0.3) is 0 Å². The normalized spacial score (nSPS) is 18.0. The van der Waals surface area contributed by atoms with Gasteiger partial charge in [-0.3, -0.25) is 9.59 Å². The van der Waals surface area contributed by atoms with Crippen LogP contribution in [-0.2, 0) is 9.59 Å². The quantitative estimate of drug-likeness (QED) is 0.638. The van der Waals surface area contributed by atoms with E-state index in [9.17, 15) is 9.59 Å². The molecule has 1 aliphatic heterocycles. The van der Waals surface area contributed by atoms with Crippen molar-refractivity contribution in [3.05, 3.63) is 48.3 Å². The van der Waals surface area contributed by atoms with Crippen LogP contribution in [0.4, 0.5) is 5.69 Å². The van der Waals surface area contributed by atoms with Gasteiger partial charge in [-0.15, -0.1) is 0 Å². The van der Waals surface area contributed by atoms with E-state index in [2.05, 4.69) is 23.8 Å². The molecule has 1 aliphatic rings. The standard InChI is InChI=1S/C17H17N3O2S/c1-11(2)12-4-6-13(7-5-12)20-15(21)10-14(16(20)22)23-17-18-8-3-9-19-17/h3-9,11,14H,10H2,1-2H3/t14-/m0/s1. The number of benzene rings is 1. The van der Waals surface area contributed by atoms with Crippen LogP contribution in [0.2, 0.25) is 0 Å². The van der Waals surface area contributed by atoms with Gasteiger partial charge in [0.15, 0.2) is 5.16 Å². The van der Waals surface area contributed by atoms with Crippen LogP contribution in [0.3, 0.4) is 0 Å². The molecule has 0 unspecified atom stereocenters. The SMILES string of the molecule is CC(C)c1ccc(N2C(=O)C[C@H](Sc3ncccn3)C2=O)cc1. The Bertz CT molecular complexity index is 716. The monoisotopic (exact) mass is 327 g/mol. The Morgan fingerprint density at radius 3 is 2.39 bits per heavy atom. The highest BCUT2D eigenvalue weighted by atomic mass is 32.2. The Kier molecular flexibility index (Phi) is 4.43. The minimum atomic E-state index is -0.463. The lowest BCUT2D eigenvalue weighted by molar-refractivity contribution is -0.121. The van der Waals surface area contributed by atoms with Gasteiger partial charge in [0, 0.05) is 18.8 Å². The van der Waals surface area contributed by atoms with E-state index in [1.807, 2.05) is 24.3 Å². The number of carbonyl (C=O) groups is 2. The molecule has 5 nitrogen and oxygen atoms in total. The van der Waals surface area contributed by atoms with E-state index in [0.717, 1.165) is 0 Å². The van der Waals surface area contributed by atoms with Gasteiger partial charge in [0.05, 0.1) is 5.69 Å². The summed E-state index contributed by atoms with van der Waals surface area (Å²) in [5.41, 5.74) is 1.80. The molecule has 3 rings (SSSR count). The Morgan fingerprint density at radius 1 is 1.13 bits per heavy atom. The summed E-state index contributed by atoms with van der Waals surface area (Å²) in [6.45, 7) is 4.21. The molecule has 1 saturated heterocycles. The van der Waals surface area contributed by atoms with Crippen molar-refractivity contribution in [2.24, 2.45) is 0 Å². The van der Waals surface area contributed by atoms with Crippen LogP contribution < -0.4 is 4.90 Å². The second-order valence-corrected chi connectivity index (χ2v) is 6.83. The highest BCUT2D eigenvalue weighted by Crippen LogP contribution is 2.32. The maximum Gasteiger partial charge on any atom is 0.247 e. The van der Waals surface area contributed by atoms with E-state index in [1.54, 1.807) is 18.5 Å². The molecular weight excluding hydrogens is 310 g/mol.